The molecule has 1 aliphatic heterocycles. The fourth-order valence-corrected chi connectivity index (χ4v) is 2.12. The van der Waals surface area contributed by atoms with Gasteiger partial charge in [0.1, 0.15) is 29.8 Å². The van der Waals surface area contributed by atoms with Crippen LogP contribution in [0, 0.1) is 0 Å². The van der Waals surface area contributed by atoms with E-state index in [0.29, 0.717) is 5.84 Å². The number of aliphatic imine (C=N–C) groups is 1. The Balaban J connectivity index is 2.05. The van der Waals surface area contributed by atoms with Crippen LogP contribution in [0.4, 0.5) is 13.2 Å². The Hall–Kier alpha value is -2.71. The molecule has 1 aliphatic rings. The number of amides is 1. The Kier molecular flexibility index (Phi) is 5.24. The van der Waals surface area contributed by atoms with Crippen molar-refractivity contribution in [1.82, 2.24) is 16.0 Å². The smallest absolute Gasteiger partial charge is 0.405 e. The van der Waals surface area contributed by atoms with E-state index in [1.54, 1.807) is 24.4 Å². The molecule has 0 aromatic heterocycles. The summed E-state index contributed by atoms with van der Waals surface area (Å²) >= 11 is 0. The average Bonchev–Trinajstić information content (AvgIpc) is 2.52. The maximum atomic E-state index is 12.2. The number of carbonyl (C=O) groups is 1. The minimum Gasteiger partial charge on any atom is -0.508 e. The first-order valence-corrected chi connectivity index (χ1v) is 7.49. The molecule has 1 aromatic rings. The molecule has 136 valence electrons. The van der Waals surface area contributed by atoms with Gasteiger partial charge >= 0.3 is 6.18 Å². The first-order valence-electron chi connectivity index (χ1n) is 7.49. The largest absolute Gasteiger partial charge is 0.508 e. The summed E-state index contributed by atoms with van der Waals surface area (Å²) in [5.74, 6) is -0.315. The summed E-state index contributed by atoms with van der Waals surface area (Å²) in [5, 5.41) is 17.0. The second-order valence-corrected chi connectivity index (χ2v) is 6.06. The zero-order valence-electron chi connectivity index (χ0n) is 13.7. The normalized spacial score (nSPS) is 17.5. The molecule has 0 aliphatic carbocycles. The van der Waals surface area contributed by atoms with Gasteiger partial charge in [0.25, 0.3) is 0 Å². The summed E-state index contributed by atoms with van der Waals surface area (Å²) in [6, 6.07) is 6.42. The third kappa shape index (κ3) is 5.40. The third-order valence-corrected chi connectivity index (χ3v) is 3.43. The molecule has 4 N–H and O–H groups in total. The van der Waals surface area contributed by atoms with Crippen molar-refractivity contribution >= 4 is 11.7 Å². The number of carbonyl (C=O) groups excluding carboxylic acids is 1. The Bertz CT molecular complexity index is 682. The van der Waals surface area contributed by atoms with Crippen LogP contribution in [-0.2, 0) is 4.79 Å². The average molecular weight is 356 g/mol. The van der Waals surface area contributed by atoms with Crippen LogP contribution in [0.3, 0.4) is 0 Å². The number of phenolic OH excluding ortho intramolecular Hbond substituents is 1. The molecule has 0 spiro atoms. The van der Waals surface area contributed by atoms with Crippen LogP contribution >= 0.6 is 0 Å². The summed E-state index contributed by atoms with van der Waals surface area (Å²) in [7, 11) is 0. The van der Waals surface area contributed by atoms with Crippen LogP contribution in [-0.4, -0.2) is 35.1 Å². The molecule has 2 rings (SSSR count). The van der Waals surface area contributed by atoms with Crippen molar-refractivity contribution in [3.05, 3.63) is 42.1 Å². The minimum absolute atomic E-state index is 0.125. The monoisotopic (exact) mass is 356 g/mol. The standard InChI is InChI=1S/C16H19F3N4O2/c1-15(2,14(25)21-9-16(17,18)19)23-12-7-8-20-13(22-12)10-3-5-11(24)6-4-10/h3-8,13,20,24H,9H2,1-2H3,(H,21,25)(H,22,23). The highest BCUT2D eigenvalue weighted by Gasteiger charge is 2.33. The molecule has 0 fully saturated rings. The fourth-order valence-electron chi connectivity index (χ4n) is 2.12. The molecule has 0 saturated heterocycles. The van der Waals surface area contributed by atoms with Gasteiger partial charge in [0.15, 0.2) is 0 Å². The highest BCUT2D eigenvalue weighted by molar-refractivity contribution is 5.98. The van der Waals surface area contributed by atoms with Crippen molar-refractivity contribution in [3.8, 4) is 5.75 Å². The third-order valence-electron chi connectivity index (χ3n) is 3.43. The molecule has 0 bridgehead atoms. The summed E-state index contributed by atoms with van der Waals surface area (Å²) in [5.41, 5.74) is -0.508. The molecular weight excluding hydrogens is 337 g/mol. The first-order chi connectivity index (χ1) is 11.6. The molecule has 1 atom stereocenters. The number of nitrogens with zero attached hydrogens (tertiary/aromatic N) is 1. The SMILES string of the molecule is CC(C)(NC1=NC(c2ccc(O)cc2)NC=C1)C(=O)NCC(F)(F)F. The number of halogens is 3. The van der Waals surface area contributed by atoms with Gasteiger partial charge in [-0.2, -0.15) is 13.2 Å². The second-order valence-electron chi connectivity index (χ2n) is 6.06. The second kappa shape index (κ2) is 7.04. The molecule has 1 amide bonds. The van der Waals surface area contributed by atoms with Crippen LogP contribution in [0.15, 0.2) is 41.5 Å². The summed E-state index contributed by atoms with van der Waals surface area (Å²) in [4.78, 5) is 16.4. The number of aromatic hydroxyl groups is 1. The quantitative estimate of drug-likeness (QED) is 0.664. The number of nitrogens with one attached hydrogen (secondary N) is 3. The predicted octanol–water partition coefficient (Wildman–Crippen LogP) is 1.95. The fraction of sp³-hybridized carbons (Fsp3) is 0.375. The van der Waals surface area contributed by atoms with E-state index >= 15 is 0 Å². The van der Waals surface area contributed by atoms with Crippen molar-refractivity contribution in [3.63, 3.8) is 0 Å². The van der Waals surface area contributed by atoms with Gasteiger partial charge in [-0.05, 0) is 37.6 Å². The molecule has 0 saturated carbocycles. The van der Waals surface area contributed by atoms with Gasteiger partial charge < -0.3 is 21.1 Å². The number of hydrogen-bond acceptors (Lipinski definition) is 5. The summed E-state index contributed by atoms with van der Waals surface area (Å²) in [6.45, 7) is 1.54. The van der Waals surface area contributed by atoms with Crippen LogP contribution in [0.2, 0.25) is 0 Å². The highest BCUT2D eigenvalue weighted by atomic mass is 19.4. The molecule has 6 nitrogen and oxygen atoms in total. The Morgan fingerprint density at radius 3 is 2.52 bits per heavy atom. The van der Waals surface area contributed by atoms with E-state index in [4.69, 9.17) is 0 Å². The number of alkyl halides is 3. The topological polar surface area (TPSA) is 85.8 Å². The van der Waals surface area contributed by atoms with E-state index in [0.717, 1.165) is 5.56 Å². The lowest BCUT2D eigenvalue weighted by molar-refractivity contribution is -0.141. The molecule has 25 heavy (non-hydrogen) atoms. The zero-order valence-corrected chi connectivity index (χ0v) is 13.7. The van der Waals surface area contributed by atoms with Gasteiger partial charge in [-0.1, -0.05) is 12.1 Å². The number of hydrogen-bond donors (Lipinski definition) is 4. The maximum absolute atomic E-state index is 12.2. The van der Waals surface area contributed by atoms with Gasteiger partial charge in [0.05, 0.1) is 0 Å². The van der Waals surface area contributed by atoms with E-state index in [-0.39, 0.29) is 5.75 Å². The Labute approximate surface area is 142 Å². The molecule has 1 heterocycles. The minimum atomic E-state index is -4.47. The lowest BCUT2D eigenvalue weighted by Gasteiger charge is -2.28. The van der Waals surface area contributed by atoms with Gasteiger partial charge in [0, 0.05) is 6.20 Å². The van der Waals surface area contributed by atoms with E-state index < -0.39 is 30.3 Å². The van der Waals surface area contributed by atoms with Gasteiger partial charge in [0.2, 0.25) is 5.91 Å². The maximum Gasteiger partial charge on any atom is 0.405 e. The number of amidine groups is 1. The lowest BCUT2D eigenvalue weighted by Crippen LogP contribution is -2.56. The molecule has 1 unspecified atom stereocenters. The van der Waals surface area contributed by atoms with Gasteiger partial charge in [-0.25, -0.2) is 4.99 Å². The molecule has 0 radical (unpaired) electrons. The van der Waals surface area contributed by atoms with Crippen molar-refractivity contribution in [2.24, 2.45) is 4.99 Å². The first kappa shape index (κ1) is 18.6. The number of phenols is 1. The van der Waals surface area contributed by atoms with E-state index in [1.165, 1.54) is 26.0 Å². The lowest BCUT2D eigenvalue weighted by atomic mass is 10.0. The molecule has 1 aromatic carbocycles. The Morgan fingerprint density at radius 2 is 1.92 bits per heavy atom. The van der Waals surface area contributed by atoms with Crippen molar-refractivity contribution < 1.29 is 23.1 Å². The van der Waals surface area contributed by atoms with Crippen molar-refractivity contribution in [2.75, 3.05) is 6.54 Å². The van der Waals surface area contributed by atoms with E-state index in [9.17, 15) is 23.1 Å². The van der Waals surface area contributed by atoms with Crippen molar-refractivity contribution in [1.29, 1.82) is 0 Å². The van der Waals surface area contributed by atoms with Gasteiger partial charge in [-0.3, -0.25) is 4.79 Å². The van der Waals surface area contributed by atoms with Gasteiger partial charge in [-0.15, -0.1) is 0 Å². The molecular formula is C16H19F3N4O2. The van der Waals surface area contributed by atoms with E-state index in [2.05, 4.69) is 15.6 Å². The zero-order chi connectivity index (χ0) is 18.7. The van der Waals surface area contributed by atoms with Crippen LogP contribution in [0.25, 0.3) is 0 Å². The van der Waals surface area contributed by atoms with Crippen molar-refractivity contribution in [2.45, 2.75) is 31.7 Å². The molecule has 9 heteroatoms. The predicted molar refractivity (Wildman–Crippen MR) is 86.8 cm³/mol. The number of benzene rings is 1. The van der Waals surface area contributed by atoms with Crippen LogP contribution in [0.1, 0.15) is 25.6 Å². The number of rotatable bonds is 4. The van der Waals surface area contributed by atoms with Crippen LogP contribution in [0.5, 0.6) is 5.75 Å². The summed E-state index contributed by atoms with van der Waals surface area (Å²) < 4.78 is 36.7. The van der Waals surface area contributed by atoms with E-state index in [1.807, 2.05) is 5.32 Å². The Morgan fingerprint density at radius 1 is 1.28 bits per heavy atom. The van der Waals surface area contributed by atoms with Crippen LogP contribution < -0.4 is 16.0 Å². The summed E-state index contributed by atoms with van der Waals surface area (Å²) in [6.07, 6.45) is -1.71. The highest BCUT2D eigenvalue weighted by Crippen LogP contribution is 2.20.